The van der Waals surface area contributed by atoms with E-state index >= 15 is 0 Å². The molecule has 0 heterocycles. The molecule has 0 amide bonds. The molecule has 0 bridgehead atoms. The van der Waals surface area contributed by atoms with Crippen LogP contribution < -0.4 is 0 Å². The van der Waals surface area contributed by atoms with E-state index in [0.29, 0.717) is 20.3 Å². The van der Waals surface area contributed by atoms with Crippen molar-refractivity contribution in [3.05, 3.63) is 0 Å². The molecule has 0 rings (SSSR count). The molecule has 0 aliphatic carbocycles. The molecule has 5 heteroatoms. The highest BCUT2D eigenvalue weighted by Crippen LogP contribution is 2.29. The Kier molecular flexibility index (Phi) is 7.99. The second-order valence-electron chi connectivity index (χ2n) is 6.07. The molecule has 0 spiro atoms. The summed E-state index contributed by atoms with van der Waals surface area (Å²) in [6.45, 7) is 10.5. The van der Waals surface area contributed by atoms with Gasteiger partial charge in [-0.25, -0.2) is 0 Å². The second-order valence-corrected chi connectivity index (χ2v) is 6.07. The van der Waals surface area contributed by atoms with Crippen LogP contribution in [-0.4, -0.2) is 43.0 Å². The Balaban J connectivity index is 4.83. The van der Waals surface area contributed by atoms with E-state index in [-0.39, 0.29) is 11.2 Å². The summed E-state index contributed by atoms with van der Waals surface area (Å²) < 4.78 is 0. The van der Waals surface area contributed by atoms with Gasteiger partial charge in [-0.2, -0.15) is 0 Å². The van der Waals surface area contributed by atoms with Crippen molar-refractivity contribution in [2.75, 3.05) is 6.54 Å². The van der Waals surface area contributed by atoms with E-state index in [1.54, 1.807) is 0 Å². The Morgan fingerprint density at radius 2 is 1.74 bits per heavy atom. The minimum Gasteiger partial charge on any atom is -0.377 e. The summed E-state index contributed by atoms with van der Waals surface area (Å²) in [6, 6.07) is 0. The van der Waals surface area contributed by atoms with Crippen molar-refractivity contribution in [2.45, 2.75) is 72.4 Å². The van der Waals surface area contributed by atoms with E-state index in [2.05, 4.69) is 27.7 Å². The van der Waals surface area contributed by atoms with Crippen LogP contribution in [0.1, 0.15) is 66.7 Å². The number of carbonyl (C=O) groups excluding carboxylic acids is 1. The van der Waals surface area contributed by atoms with E-state index in [1.807, 2.05) is 19.5 Å². The van der Waals surface area contributed by atoms with Crippen LogP contribution in [0.4, 0.5) is 0 Å². The Labute approximate surface area is 120 Å². The Bertz CT molecular complexity index is 285. The molecule has 0 aromatic heterocycles. The number of hydrogen-bond acceptors (Lipinski definition) is 3. The van der Waals surface area contributed by atoms with Crippen LogP contribution >= 0.6 is 0 Å². The number of rotatable bonds is 10. The molecule has 0 saturated heterocycles. The summed E-state index contributed by atoms with van der Waals surface area (Å²) in [6.07, 6.45) is 4.43. The van der Waals surface area contributed by atoms with Gasteiger partial charge in [-0.05, 0) is 26.2 Å². The maximum atomic E-state index is 12.6. The van der Waals surface area contributed by atoms with Crippen LogP contribution in [0.25, 0.3) is 0 Å². The molecule has 110 valence electrons. The lowest BCUT2D eigenvalue weighted by atomic mass is 9.63. The molecule has 1 N–H and O–H groups in total. The molecule has 2 atom stereocenters. The zero-order valence-electron chi connectivity index (χ0n) is 13.8. The number of nitrogens with zero attached hydrogens (tertiary/aromatic N) is 1. The van der Waals surface area contributed by atoms with E-state index in [9.17, 15) is 9.90 Å². The van der Waals surface area contributed by atoms with Gasteiger partial charge in [0.25, 0.3) is 0 Å². The van der Waals surface area contributed by atoms with Crippen LogP contribution in [0.15, 0.2) is 0 Å². The summed E-state index contributed by atoms with van der Waals surface area (Å²) in [5, 5.41) is 10.5. The second kappa shape index (κ2) is 8.11. The zero-order chi connectivity index (χ0) is 15.1. The first-order valence-corrected chi connectivity index (χ1v) is 7.78. The molecule has 0 saturated carbocycles. The molecule has 0 radical (unpaired) electrons. The molecule has 0 aliphatic heterocycles. The summed E-state index contributed by atoms with van der Waals surface area (Å²) in [7, 11) is 2.70. The van der Waals surface area contributed by atoms with Gasteiger partial charge in [0.05, 0.1) is 7.74 Å². The van der Waals surface area contributed by atoms with Crippen molar-refractivity contribution in [3.8, 4) is 0 Å². The van der Waals surface area contributed by atoms with Gasteiger partial charge in [0.15, 0.2) is 13.1 Å². The third-order valence-electron chi connectivity index (χ3n) is 4.38. The predicted molar refractivity (Wildman–Crippen MR) is 86.2 cm³/mol. The Hall–Kier alpha value is -0.280. The van der Waals surface area contributed by atoms with Crippen molar-refractivity contribution >= 4 is 20.8 Å². The minimum atomic E-state index is -0.875. The molecular formula is C14H31B2NO2. The van der Waals surface area contributed by atoms with Crippen molar-refractivity contribution in [1.29, 1.82) is 0 Å². The molecule has 0 aromatic rings. The van der Waals surface area contributed by atoms with Crippen molar-refractivity contribution < 1.29 is 9.90 Å². The van der Waals surface area contributed by atoms with Crippen LogP contribution in [0.5, 0.6) is 0 Å². The van der Waals surface area contributed by atoms with Gasteiger partial charge in [-0.15, -0.1) is 0 Å². The highest BCUT2D eigenvalue weighted by Gasteiger charge is 2.35. The van der Waals surface area contributed by atoms with E-state index in [0.717, 1.165) is 25.7 Å². The van der Waals surface area contributed by atoms with E-state index in [4.69, 9.17) is 0 Å². The Morgan fingerprint density at radius 1 is 1.21 bits per heavy atom. The molecule has 0 aromatic carbocycles. The van der Waals surface area contributed by atoms with Crippen LogP contribution in [0.2, 0.25) is 0 Å². The lowest BCUT2D eigenvalue weighted by Crippen LogP contribution is -2.52. The number of carbonyl (C=O) groups is 1. The maximum absolute atomic E-state index is 12.6. The molecular weight excluding hydrogens is 236 g/mol. The monoisotopic (exact) mass is 267 g/mol. The van der Waals surface area contributed by atoms with Gasteiger partial charge in [0, 0.05) is 12.0 Å². The standard InChI is InChI=1S/C14H31B2NO2/c1-6-9-13(4,8-3)12(18)11-17(16-15)14(5,19)10-7-2/h16,19H,6-11,15H2,1-5H3. The van der Waals surface area contributed by atoms with Gasteiger partial charge in [-0.1, -0.05) is 40.5 Å². The number of ketones is 1. The molecule has 0 aliphatic rings. The molecule has 19 heavy (non-hydrogen) atoms. The van der Waals surface area contributed by atoms with Gasteiger partial charge in [0.1, 0.15) is 5.72 Å². The van der Waals surface area contributed by atoms with Crippen LogP contribution in [0, 0.1) is 5.41 Å². The van der Waals surface area contributed by atoms with E-state index < -0.39 is 5.72 Å². The van der Waals surface area contributed by atoms with Crippen LogP contribution in [0.3, 0.4) is 0 Å². The average Bonchev–Trinajstić information content (AvgIpc) is 2.35. The Morgan fingerprint density at radius 3 is 2.11 bits per heavy atom. The average molecular weight is 267 g/mol. The first-order valence-electron chi connectivity index (χ1n) is 7.78. The van der Waals surface area contributed by atoms with E-state index in [1.165, 1.54) is 0 Å². The first kappa shape index (κ1) is 18.7. The number of Topliss-reactive ketones (excluding diaryl/α,β-unsaturated/α-hetero) is 1. The van der Waals surface area contributed by atoms with Crippen molar-refractivity contribution in [2.24, 2.45) is 5.41 Å². The van der Waals surface area contributed by atoms with Crippen LogP contribution in [-0.2, 0) is 4.79 Å². The molecule has 0 fully saturated rings. The molecule has 2 unspecified atom stereocenters. The third-order valence-corrected chi connectivity index (χ3v) is 4.38. The molecule has 3 nitrogen and oxygen atoms in total. The summed E-state index contributed by atoms with van der Waals surface area (Å²) >= 11 is 0. The fraction of sp³-hybridized carbons (Fsp3) is 0.929. The van der Waals surface area contributed by atoms with Gasteiger partial charge < -0.3 is 9.92 Å². The summed E-state index contributed by atoms with van der Waals surface area (Å²) in [4.78, 5) is 14.5. The maximum Gasteiger partial charge on any atom is 0.165 e. The zero-order valence-corrected chi connectivity index (χ0v) is 13.8. The summed E-state index contributed by atoms with van der Waals surface area (Å²) in [5.74, 6) is 0.259. The first-order chi connectivity index (χ1) is 8.77. The lowest BCUT2D eigenvalue weighted by molar-refractivity contribution is -0.134. The van der Waals surface area contributed by atoms with Gasteiger partial charge in [0.2, 0.25) is 0 Å². The third kappa shape index (κ3) is 5.31. The normalized spacial score (nSPS) is 17.8. The van der Waals surface area contributed by atoms with Gasteiger partial charge in [-0.3, -0.25) is 4.79 Å². The summed E-state index contributed by atoms with van der Waals surface area (Å²) in [5.41, 5.74) is -1.12. The van der Waals surface area contributed by atoms with Crippen molar-refractivity contribution in [1.82, 2.24) is 4.81 Å². The number of hydrogen-bond donors (Lipinski definition) is 1. The highest BCUT2D eigenvalue weighted by molar-refractivity contribution is 6.87. The topological polar surface area (TPSA) is 40.5 Å². The smallest absolute Gasteiger partial charge is 0.165 e. The predicted octanol–water partition coefficient (Wildman–Crippen LogP) is 1.48. The lowest BCUT2D eigenvalue weighted by Gasteiger charge is -2.38. The SMILES string of the molecule is BBN(CC(=O)C(C)(CC)CCC)C(C)(O)CCC. The quantitative estimate of drug-likeness (QED) is 0.481. The largest absolute Gasteiger partial charge is 0.377 e. The fourth-order valence-corrected chi connectivity index (χ4v) is 2.68. The fourth-order valence-electron chi connectivity index (χ4n) is 2.68. The minimum absolute atomic E-state index is 0.246. The van der Waals surface area contributed by atoms with Crippen molar-refractivity contribution in [3.63, 3.8) is 0 Å². The van der Waals surface area contributed by atoms with Gasteiger partial charge >= 0.3 is 0 Å². The highest BCUT2D eigenvalue weighted by atomic mass is 16.3. The number of aliphatic hydroxyl groups is 1.